The molecule has 2 heterocycles. The Hall–Kier alpha value is -2.77. The number of phenolic OH excluding ortho intramolecular Hbond substituents is 1. The van der Waals surface area contributed by atoms with E-state index in [-0.39, 0.29) is 5.75 Å². The quantitative estimate of drug-likeness (QED) is 0.180. The van der Waals surface area contributed by atoms with Gasteiger partial charge in [-0.1, -0.05) is 42.6 Å². The van der Waals surface area contributed by atoms with Crippen LogP contribution in [-0.4, -0.2) is 23.2 Å². The Bertz CT molecular complexity index is 1500. The van der Waals surface area contributed by atoms with Crippen LogP contribution in [0.2, 0.25) is 0 Å². The van der Waals surface area contributed by atoms with Crippen molar-refractivity contribution in [2.45, 2.75) is 39.5 Å². The lowest BCUT2D eigenvalue weighted by molar-refractivity contribution is 0.473. The lowest BCUT2D eigenvalue weighted by Gasteiger charge is -2.24. The Morgan fingerprint density at radius 1 is 0.889 bits per heavy atom. The lowest BCUT2D eigenvalue weighted by atomic mass is 10.1. The van der Waals surface area contributed by atoms with Gasteiger partial charge in [-0.2, -0.15) is 0 Å². The van der Waals surface area contributed by atoms with E-state index in [9.17, 15) is 5.11 Å². The summed E-state index contributed by atoms with van der Waals surface area (Å²) in [5.41, 5.74) is 4.70. The van der Waals surface area contributed by atoms with Gasteiger partial charge in [0.05, 0.1) is 10.0 Å². The van der Waals surface area contributed by atoms with E-state index in [1.54, 1.807) is 6.07 Å². The molecule has 1 N–H and O–H groups in total. The van der Waals surface area contributed by atoms with E-state index in [1.165, 1.54) is 31.4 Å². The number of aromatic nitrogens is 1. The maximum atomic E-state index is 10.7. The number of nitrogens with zero attached hydrogens (tertiary/aromatic N) is 2. The summed E-state index contributed by atoms with van der Waals surface area (Å²) < 4.78 is 13.8. The number of aromatic hydroxyl groups is 1. The maximum Gasteiger partial charge on any atom is 0.231 e. The zero-order valence-corrected chi connectivity index (χ0v) is 23.5. The summed E-state index contributed by atoms with van der Waals surface area (Å²) in [5, 5.41) is 11.6. The Morgan fingerprint density at radius 2 is 1.61 bits per heavy atom. The number of fused-ring (bicyclic) bond motifs is 2. The van der Waals surface area contributed by atoms with Crippen LogP contribution in [-0.2, 0) is 0 Å². The fourth-order valence-corrected chi connectivity index (χ4v) is 5.65. The highest BCUT2D eigenvalue weighted by Crippen LogP contribution is 2.39. The predicted octanol–water partition coefficient (Wildman–Crippen LogP) is 9.55. The second-order valence-corrected chi connectivity index (χ2v) is 10.8. The van der Waals surface area contributed by atoms with Crippen molar-refractivity contribution < 1.29 is 13.9 Å². The molecular weight excluding hydrogens is 584 g/mol. The van der Waals surface area contributed by atoms with E-state index in [0.717, 1.165) is 38.7 Å². The van der Waals surface area contributed by atoms with Crippen molar-refractivity contribution in [3.8, 4) is 28.5 Å². The summed E-state index contributed by atoms with van der Waals surface area (Å²) in [4.78, 5) is 7.05. The summed E-state index contributed by atoms with van der Waals surface area (Å²) in [6.07, 6.45) is 4.75. The van der Waals surface area contributed by atoms with Crippen LogP contribution in [0.3, 0.4) is 0 Å². The minimum atomic E-state index is 0.0583. The van der Waals surface area contributed by atoms with Gasteiger partial charge in [-0.05, 0) is 77.3 Å². The number of hydrogen-bond donors (Lipinski definition) is 1. The molecule has 0 fully saturated rings. The molecule has 0 unspecified atom stereocenters. The molecule has 0 aliphatic rings. The Morgan fingerprint density at radius 3 is 2.31 bits per heavy atom. The third kappa shape index (κ3) is 5.04. The molecule has 36 heavy (non-hydrogen) atoms. The smallest absolute Gasteiger partial charge is 0.231 e. The highest BCUT2D eigenvalue weighted by Gasteiger charge is 2.18. The molecule has 0 bridgehead atoms. The summed E-state index contributed by atoms with van der Waals surface area (Å²) in [6.45, 7) is 6.61. The first kappa shape index (κ1) is 24.9. The van der Waals surface area contributed by atoms with Gasteiger partial charge in [0.2, 0.25) is 5.89 Å². The predicted molar refractivity (Wildman–Crippen MR) is 154 cm³/mol. The zero-order chi connectivity index (χ0) is 25.2. The molecule has 2 aromatic heterocycles. The molecule has 0 aliphatic heterocycles. The van der Waals surface area contributed by atoms with E-state index >= 15 is 0 Å². The normalized spacial score (nSPS) is 11.6. The number of anilines is 1. The average Bonchev–Trinajstić information content (AvgIpc) is 3.48. The number of rotatable bonds is 9. The van der Waals surface area contributed by atoms with Gasteiger partial charge >= 0.3 is 0 Å². The number of benzene rings is 3. The third-order valence-corrected chi connectivity index (χ3v) is 7.40. The number of halogens is 2. The molecule has 3 aromatic carbocycles. The summed E-state index contributed by atoms with van der Waals surface area (Å²) in [5.74, 6) is 1.17. The number of unbranched alkanes of at least 4 members (excludes halogenated alkanes) is 2. The Labute approximate surface area is 227 Å². The van der Waals surface area contributed by atoms with E-state index in [4.69, 9.17) is 8.83 Å². The number of phenols is 1. The van der Waals surface area contributed by atoms with Crippen LogP contribution < -0.4 is 4.90 Å². The molecular formula is C29H28Br2N2O3. The summed E-state index contributed by atoms with van der Waals surface area (Å²) in [7, 11) is 0. The molecule has 186 valence electrons. The van der Waals surface area contributed by atoms with E-state index in [0.29, 0.717) is 28.1 Å². The minimum absolute atomic E-state index is 0.0583. The minimum Gasteiger partial charge on any atom is -0.507 e. The average molecular weight is 612 g/mol. The van der Waals surface area contributed by atoms with Crippen molar-refractivity contribution in [2.75, 3.05) is 18.0 Å². The number of oxazole rings is 1. The second-order valence-electron chi connectivity index (χ2n) is 9.01. The van der Waals surface area contributed by atoms with E-state index in [1.807, 2.05) is 24.3 Å². The van der Waals surface area contributed by atoms with Crippen molar-refractivity contribution in [2.24, 2.45) is 0 Å². The fourth-order valence-electron chi connectivity index (χ4n) is 4.37. The van der Waals surface area contributed by atoms with Gasteiger partial charge in [-0.15, -0.1) is 0 Å². The first-order valence-corrected chi connectivity index (χ1v) is 13.9. The molecule has 0 amide bonds. The van der Waals surface area contributed by atoms with Crippen molar-refractivity contribution in [3.63, 3.8) is 0 Å². The summed E-state index contributed by atoms with van der Waals surface area (Å²) in [6, 6.07) is 17.8. The molecule has 7 heteroatoms. The van der Waals surface area contributed by atoms with Crippen molar-refractivity contribution in [3.05, 3.63) is 63.5 Å². The standard InChI is InChI=1S/C29H28Br2N2O3/c1-3-5-11-33(12-6-4-2)21-9-7-18(8-10-21)26-14-19-13-22(25(34)17-27(19)35-26)29-32-24-16-20(30)15-23(31)28(24)36-29/h7-10,13-17,34H,3-6,11-12H2,1-2H3. The maximum absolute atomic E-state index is 10.7. The Balaban J connectivity index is 1.45. The van der Waals surface area contributed by atoms with Crippen LogP contribution in [0.15, 0.2) is 72.4 Å². The van der Waals surface area contributed by atoms with Gasteiger partial charge in [-0.3, -0.25) is 0 Å². The van der Waals surface area contributed by atoms with Gasteiger partial charge in [0, 0.05) is 40.3 Å². The van der Waals surface area contributed by atoms with E-state index < -0.39 is 0 Å². The van der Waals surface area contributed by atoms with Gasteiger partial charge < -0.3 is 18.8 Å². The highest BCUT2D eigenvalue weighted by atomic mass is 79.9. The molecule has 5 aromatic rings. The molecule has 0 atom stereocenters. The Kier molecular flexibility index (Phi) is 7.39. The second kappa shape index (κ2) is 10.7. The van der Waals surface area contributed by atoms with E-state index in [2.05, 4.69) is 79.9 Å². The van der Waals surface area contributed by atoms with Gasteiger partial charge in [0.1, 0.15) is 22.6 Å². The number of hydrogen-bond acceptors (Lipinski definition) is 5. The third-order valence-electron chi connectivity index (χ3n) is 6.35. The topological polar surface area (TPSA) is 62.6 Å². The molecule has 0 saturated carbocycles. The summed E-state index contributed by atoms with van der Waals surface area (Å²) >= 11 is 6.99. The van der Waals surface area contributed by atoms with Crippen molar-refractivity contribution in [1.82, 2.24) is 4.98 Å². The molecule has 5 rings (SSSR count). The molecule has 0 radical (unpaired) electrons. The largest absolute Gasteiger partial charge is 0.507 e. The molecule has 5 nitrogen and oxygen atoms in total. The first-order valence-electron chi connectivity index (χ1n) is 12.3. The van der Waals surface area contributed by atoms with Gasteiger partial charge in [0.15, 0.2) is 5.58 Å². The molecule has 0 spiro atoms. The van der Waals surface area contributed by atoms with Crippen molar-refractivity contribution in [1.29, 1.82) is 0 Å². The molecule has 0 aliphatic carbocycles. The zero-order valence-electron chi connectivity index (χ0n) is 20.4. The van der Waals surface area contributed by atoms with Crippen LogP contribution in [0.4, 0.5) is 5.69 Å². The van der Waals surface area contributed by atoms with Crippen LogP contribution in [0.1, 0.15) is 39.5 Å². The monoisotopic (exact) mass is 610 g/mol. The van der Waals surface area contributed by atoms with Crippen LogP contribution >= 0.6 is 31.9 Å². The van der Waals surface area contributed by atoms with Crippen molar-refractivity contribution >= 4 is 59.6 Å². The van der Waals surface area contributed by atoms with Gasteiger partial charge in [0.25, 0.3) is 0 Å². The van der Waals surface area contributed by atoms with Gasteiger partial charge in [-0.25, -0.2) is 4.98 Å². The fraction of sp³-hybridized carbons (Fsp3) is 0.276. The van der Waals surface area contributed by atoms with Crippen LogP contribution in [0, 0.1) is 0 Å². The first-order chi connectivity index (χ1) is 17.5. The number of furan rings is 1. The lowest BCUT2D eigenvalue weighted by Crippen LogP contribution is -2.25. The van der Waals surface area contributed by atoms with Crippen LogP contribution in [0.25, 0.3) is 44.8 Å². The van der Waals surface area contributed by atoms with Crippen LogP contribution in [0.5, 0.6) is 5.75 Å². The SMILES string of the molecule is CCCCN(CCCC)c1ccc(-c2cc3cc(-c4nc5cc(Br)cc(Br)c5o4)c(O)cc3o2)cc1. The molecule has 0 saturated heterocycles. The highest BCUT2D eigenvalue weighted by molar-refractivity contribution is 9.11.